The summed E-state index contributed by atoms with van der Waals surface area (Å²) in [5, 5.41) is 3.02. The van der Waals surface area contributed by atoms with Crippen molar-refractivity contribution in [1.82, 2.24) is 4.90 Å². The summed E-state index contributed by atoms with van der Waals surface area (Å²) >= 11 is 6.15. The topological polar surface area (TPSA) is 61.8 Å². The number of nitrogens with zero attached hydrogens (tertiary/aromatic N) is 2. The highest BCUT2D eigenvalue weighted by molar-refractivity contribution is 6.32. The van der Waals surface area contributed by atoms with Gasteiger partial charge in [0.2, 0.25) is 5.91 Å². The summed E-state index contributed by atoms with van der Waals surface area (Å²) in [5.74, 6) is -2.41. The molecule has 2 aliphatic heterocycles. The molecule has 0 radical (unpaired) electrons. The fourth-order valence-electron chi connectivity index (χ4n) is 3.75. The van der Waals surface area contributed by atoms with Crippen LogP contribution >= 0.6 is 11.6 Å². The number of amides is 1. The SMILES string of the molecule is Cc1c(Cl)ccc2c1N=C1CCN(CC(=O)Nc3ccc(F)cc3F)CC1C2=O. The molecule has 1 unspecified atom stereocenters. The third kappa shape index (κ3) is 3.80. The van der Waals surface area contributed by atoms with Crippen LogP contribution in [0, 0.1) is 24.5 Å². The van der Waals surface area contributed by atoms with E-state index in [4.69, 9.17) is 11.6 Å². The number of piperidine rings is 1. The Morgan fingerprint density at radius 1 is 1.31 bits per heavy atom. The Morgan fingerprint density at radius 3 is 2.86 bits per heavy atom. The molecule has 1 fully saturated rings. The lowest BCUT2D eigenvalue weighted by Gasteiger charge is -2.35. The van der Waals surface area contributed by atoms with Crippen molar-refractivity contribution in [3.8, 4) is 0 Å². The van der Waals surface area contributed by atoms with E-state index in [1.807, 2.05) is 11.8 Å². The average Bonchev–Trinajstić information content (AvgIpc) is 2.68. The highest BCUT2D eigenvalue weighted by Gasteiger charge is 2.37. The number of rotatable bonds is 3. The van der Waals surface area contributed by atoms with E-state index in [9.17, 15) is 18.4 Å². The lowest BCUT2D eigenvalue weighted by atomic mass is 9.84. The number of halogens is 3. The molecule has 0 saturated carbocycles. The van der Waals surface area contributed by atoms with Gasteiger partial charge in [-0.15, -0.1) is 0 Å². The second-order valence-corrected chi connectivity index (χ2v) is 7.65. The standard InChI is InChI=1S/C21H18ClF2N3O2/c1-11-15(22)4-3-13-20(11)26-17-6-7-27(9-14(17)21(13)29)10-19(28)25-18-5-2-12(23)8-16(18)24/h2-5,8,14H,6-7,9-10H2,1H3,(H,25,28). The first-order valence-corrected chi connectivity index (χ1v) is 9.59. The third-order valence-corrected chi connectivity index (χ3v) is 5.71. The quantitative estimate of drug-likeness (QED) is 0.815. The fourth-order valence-corrected chi connectivity index (χ4v) is 3.90. The first kappa shape index (κ1) is 19.7. The van der Waals surface area contributed by atoms with Gasteiger partial charge in [0.1, 0.15) is 11.6 Å². The van der Waals surface area contributed by atoms with Crippen molar-refractivity contribution < 1.29 is 18.4 Å². The van der Waals surface area contributed by atoms with Gasteiger partial charge < -0.3 is 5.32 Å². The van der Waals surface area contributed by atoms with Crippen molar-refractivity contribution in [3.05, 3.63) is 58.1 Å². The van der Waals surface area contributed by atoms with Gasteiger partial charge in [0, 0.05) is 35.5 Å². The number of Topliss-reactive ketones (excluding diaryl/α,β-unsaturated/α-hetero) is 1. The molecule has 2 aromatic carbocycles. The van der Waals surface area contributed by atoms with Gasteiger partial charge in [-0.2, -0.15) is 0 Å². The van der Waals surface area contributed by atoms with Gasteiger partial charge in [-0.1, -0.05) is 11.6 Å². The normalized spacial score (nSPS) is 18.7. The number of likely N-dealkylation sites (tertiary alicyclic amines) is 1. The highest BCUT2D eigenvalue weighted by Crippen LogP contribution is 2.37. The smallest absolute Gasteiger partial charge is 0.238 e. The summed E-state index contributed by atoms with van der Waals surface area (Å²) in [7, 11) is 0. The highest BCUT2D eigenvalue weighted by atomic mass is 35.5. The number of benzene rings is 2. The van der Waals surface area contributed by atoms with E-state index in [1.165, 1.54) is 6.07 Å². The number of fused-ring (bicyclic) bond motifs is 2. The maximum Gasteiger partial charge on any atom is 0.238 e. The molecule has 0 spiro atoms. The molecule has 4 rings (SSSR count). The largest absolute Gasteiger partial charge is 0.322 e. The number of ketones is 1. The zero-order valence-electron chi connectivity index (χ0n) is 15.6. The molecular weight excluding hydrogens is 400 g/mol. The number of anilines is 1. The van der Waals surface area contributed by atoms with Crippen LogP contribution in [-0.4, -0.2) is 41.9 Å². The van der Waals surface area contributed by atoms with E-state index in [1.54, 1.807) is 12.1 Å². The van der Waals surface area contributed by atoms with Gasteiger partial charge in [-0.3, -0.25) is 19.5 Å². The molecular formula is C21H18ClF2N3O2. The Labute approximate surface area is 171 Å². The molecule has 1 N–H and O–H groups in total. The predicted octanol–water partition coefficient (Wildman–Crippen LogP) is 4.16. The predicted molar refractivity (Wildman–Crippen MR) is 107 cm³/mol. The minimum atomic E-state index is -0.834. The summed E-state index contributed by atoms with van der Waals surface area (Å²) in [6, 6.07) is 6.36. The molecule has 0 aromatic heterocycles. The van der Waals surface area contributed by atoms with Crippen molar-refractivity contribution >= 4 is 40.4 Å². The number of carbonyl (C=O) groups excluding carboxylic acids is 2. The van der Waals surface area contributed by atoms with Gasteiger partial charge in [0.25, 0.3) is 0 Å². The maximum absolute atomic E-state index is 13.7. The minimum absolute atomic E-state index is 0.000376. The molecule has 1 amide bonds. The van der Waals surface area contributed by atoms with Crippen LogP contribution < -0.4 is 5.32 Å². The summed E-state index contributed by atoms with van der Waals surface area (Å²) < 4.78 is 26.7. The van der Waals surface area contributed by atoms with E-state index in [0.29, 0.717) is 41.9 Å². The summed E-state index contributed by atoms with van der Waals surface area (Å²) in [5.41, 5.74) is 2.68. The minimum Gasteiger partial charge on any atom is -0.322 e. The Morgan fingerprint density at radius 2 is 2.10 bits per heavy atom. The maximum atomic E-state index is 13.7. The first-order chi connectivity index (χ1) is 13.8. The van der Waals surface area contributed by atoms with Gasteiger partial charge >= 0.3 is 0 Å². The average molecular weight is 418 g/mol. The van der Waals surface area contributed by atoms with Crippen molar-refractivity contribution in [2.45, 2.75) is 13.3 Å². The van der Waals surface area contributed by atoms with E-state index in [2.05, 4.69) is 10.3 Å². The molecule has 29 heavy (non-hydrogen) atoms. The summed E-state index contributed by atoms with van der Waals surface area (Å²) in [6.45, 7) is 2.75. The van der Waals surface area contributed by atoms with E-state index in [0.717, 1.165) is 17.3 Å². The Bertz CT molecular complexity index is 1050. The second-order valence-electron chi connectivity index (χ2n) is 7.25. The monoisotopic (exact) mass is 417 g/mol. The number of carbonyl (C=O) groups is 2. The first-order valence-electron chi connectivity index (χ1n) is 9.21. The second kappa shape index (κ2) is 7.65. The van der Waals surface area contributed by atoms with Crippen LogP contribution in [0.3, 0.4) is 0 Å². The molecule has 2 aliphatic rings. The Balaban J connectivity index is 1.46. The Kier molecular flexibility index (Phi) is 5.19. The van der Waals surface area contributed by atoms with Crippen LogP contribution in [0.5, 0.6) is 0 Å². The third-order valence-electron chi connectivity index (χ3n) is 5.30. The molecule has 0 aliphatic carbocycles. The molecule has 1 saturated heterocycles. The van der Waals surface area contributed by atoms with Crippen molar-refractivity contribution in [2.75, 3.05) is 25.0 Å². The van der Waals surface area contributed by atoms with Gasteiger partial charge in [-0.25, -0.2) is 8.78 Å². The van der Waals surface area contributed by atoms with Crippen molar-refractivity contribution in [3.63, 3.8) is 0 Å². The molecule has 1 atom stereocenters. The number of nitrogens with one attached hydrogen (secondary N) is 1. The number of hydrogen-bond acceptors (Lipinski definition) is 4. The number of aliphatic imine (C=N–C) groups is 1. The van der Waals surface area contributed by atoms with Gasteiger partial charge in [-0.05, 0) is 43.2 Å². The van der Waals surface area contributed by atoms with E-state index in [-0.39, 0.29) is 18.0 Å². The van der Waals surface area contributed by atoms with Crippen LogP contribution in [0.15, 0.2) is 35.3 Å². The van der Waals surface area contributed by atoms with Crippen LogP contribution in [0.4, 0.5) is 20.2 Å². The molecule has 5 nitrogen and oxygen atoms in total. The van der Waals surface area contributed by atoms with E-state index < -0.39 is 23.5 Å². The van der Waals surface area contributed by atoms with Gasteiger partial charge in [0.05, 0.1) is 23.8 Å². The van der Waals surface area contributed by atoms with Crippen LogP contribution in [0.25, 0.3) is 0 Å². The molecule has 8 heteroatoms. The fraction of sp³-hybridized carbons (Fsp3) is 0.286. The molecule has 150 valence electrons. The zero-order chi connectivity index (χ0) is 20.7. The Hall–Kier alpha value is -2.64. The van der Waals surface area contributed by atoms with Crippen molar-refractivity contribution in [2.24, 2.45) is 10.9 Å². The van der Waals surface area contributed by atoms with Gasteiger partial charge in [0.15, 0.2) is 5.78 Å². The molecule has 2 heterocycles. The van der Waals surface area contributed by atoms with Crippen LogP contribution in [0.1, 0.15) is 22.3 Å². The zero-order valence-corrected chi connectivity index (χ0v) is 16.4. The molecule has 0 bridgehead atoms. The summed E-state index contributed by atoms with van der Waals surface area (Å²) in [6.07, 6.45) is 0.556. The molecule has 2 aromatic rings. The van der Waals surface area contributed by atoms with E-state index >= 15 is 0 Å². The lowest BCUT2D eigenvalue weighted by molar-refractivity contribution is -0.117. The number of hydrogen-bond donors (Lipinski definition) is 1. The van der Waals surface area contributed by atoms with Crippen molar-refractivity contribution in [1.29, 1.82) is 0 Å². The lowest BCUT2D eigenvalue weighted by Crippen LogP contribution is -2.47. The summed E-state index contributed by atoms with van der Waals surface area (Å²) in [4.78, 5) is 31.8. The van der Waals surface area contributed by atoms with Crippen LogP contribution in [0.2, 0.25) is 5.02 Å². The van der Waals surface area contributed by atoms with Crippen LogP contribution in [-0.2, 0) is 4.79 Å².